The summed E-state index contributed by atoms with van der Waals surface area (Å²) in [5, 5.41) is 24.8. The number of nitro groups is 2. The molecule has 0 spiro atoms. The number of rotatable bonds is 48. The quantitative estimate of drug-likeness (QED) is 0.0504. The molecule has 19 heteroatoms. The van der Waals surface area contributed by atoms with Gasteiger partial charge in [-0.2, -0.15) is 0 Å². The summed E-state index contributed by atoms with van der Waals surface area (Å²) in [5.41, 5.74) is -0.525. The lowest BCUT2D eigenvalue weighted by Crippen LogP contribution is -2.16. The van der Waals surface area contributed by atoms with Gasteiger partial charge in [0.05, 0.1) is 168 Å². The summed E-state index contributed by atoms with van der Waals surface area (Å²) in [7, 11) is 0. The molecule has 0 aliphatic carbocycles. The number of nitrogens with zero attached hydrogens (tertiary/aromatic N) is 2. The summed E-state index contributed by atoms with van der Waals surface area (Å²) in [6.07, 6.45) is 10.4. The summed E-state index contributed by atoms with van der Waals surface area (Å²) in [4.78, 5) is 20.6. The zero-order valence-corrected chi connectivity index (χ0v) is 35.5. The van der Waals surface area contributed by atoms with Crippen LogP contribution in [0.4, 0.5) is 17.1 Å². The Bertz CT molecular complexity index is 1090. The average molecular weight is 852 g/mol. The van der Waals surface area contributed by atoms with Crippen LogP contribution in [0.2, 0.25) is 0 Å². The van der Waals surface area contributed by atoms with Crippen LogP contribution < -0.4 is 5.32 Å². The number of ether oxygens (including phenoxy) is 12. The lowest BCUT2D eigenvalue weighted by molar-refractivity contribution is -0.393. The van der Waals surface area contributed by atoms with Crippen LogP contribution in [0.25, 0.3) is 0 Å². The van der Waals surface area contributed by atoms with Gasteiger partial charge in [-0.1, -0.05) is 51.9 Å². The molecule has 0 aliphatic rings. The highest BCUT2D eigenvalue weighted by molar-refractivity contribution is 5.65. The summed E-state index contributed by atoms with van der Waals surface area (Å²) in [6, 6.07) is 3.43. The predicted octanol–water partition coefficient (Wildman–Crippen LogP) is 5.25. The van der Waals surface area contributed by atoms with Crippen molar-refractivity contribution in [3.63, 3.8) is 0 Å². The Morgan fingerprint density at radius 2 is 0.712 bits per heavy atom. The van der Waals surface area contributed by atoms with Crippen LogP contribution in [-0.2, 0) is 56.8 Å². The molecule has 0 heterocycles. The molecule has 0 fully saturated rings. The minimum atomic E-state index is -0.680. The lowest BCUT2D eigenvalue weighted by atomic mass is 10.1. The molecule has 0 atom stereocenters. The number of non-ortho nitro benzene ring substituents is 1. The van der Waals surface area contributed by atoms with E-state index >= 15 is 0 Å². The Morgan fingerprint density at radius 3 is 1.03 bits per heavy atom. The first-order valence-electron chi connectivity index (χ1n) is 21.2. The molecule has 1 N–H and O–H groups in total. The molecule has 0 bridgehead atoms. The van der Waals surface area contributed by atoms with Crippen LogP contribution in [0.5, 0.6) is 0 Å². The van der Waals surface area contributed by atoms with E-state index in [0.717, 1.165) is 19.1 Å². The molecule has 1 aromatic carbocycles. The second kappa shape index (κ2) is 43.4. The number of unbranched alkanes of at least 4 members (excludes halogenated alkanes) is 7. The van der Waals surface area contributed by atoms with Gasteiger partial charge in [-0.05, 0) is 12.5 Å². The molecule has 344 valence electrons. The first-order valence-corrected chi connectivity index (χ1v) is 21.2. The SMILES string of the molecule is CCCCCCCCCCOCCOCCOCCOCCOCCOCCOCCOCCOCCOCCOCCOCCNc1ccc([N+](=O)[O-])cc1[N+](=O)[O-]. The van der Waals surface area contributed by atoms with E-state index in [2.05, 4.69) is 12.2 Å². The van der Waals surface area contributed by atoms with Crippen molar-refractivity contribution in [1.82, 2.24) is 0 Å². The zero-order chi connectivity index (χ0) is 42.5. The van der Waals surface area contributed by atoms with Gasteiger partial charge in [0.25, 0.3) is 11.4 Å². The third kappa shape index (κ3) is 36.9. The fourth-order valence-corrected chi connectivity index (χ4v) is 5.05. The van der Waals surface area contributed by atoms with E-state index < -0.39 is 9.85 Å². The number of hydrogen-bond acceptors (Lipinski definition) is 17. The van der Waals surface area contributed by atoms with Crippen molar-refractivity contribution >= 4 is 17.1 Å². The highest BCUT2D eigenvalue weighted by Gasteiger charge is 2.19. The number of nitro benzene ring substituents is 2. The number of anilines is 1. The Labute approximate surface area is 350 Å². The van der Waals surface area contributed by atoms with Crippen LogP contribution in [0.3, 0.4) is 0 Å². The second-order valence-electron chi connectivity index (χ2n) is 13.0. The van der Waals surface area contributed by atoms with Gasteiger partial charge in [0.15, 0.2) is 0 Å². The van der Waals surface area contributed by atoms with Gasteiger partial charge in [-0.3, -0.25) is 20.2 Å². The first-order chi connectivity index (χ1) is 29.1. The van der Waals surface area contributed by atoms with Gasteiger partial charge in [0.2, 0.25) is 0 Å². The Kier molecular flexibility index (Phi) is 40.0. The number of hydrogen-bond donors (Lipinski definition) is 1. The number of benzene rings is 1. The van der Waals surface area contributed by atoms with Gasteiger partial charge >= 0.3 is 0 Å². The Balaban J connectivity index is 1.67. The molecule has 0 unspecified atom stereocenters. The average Bonchev–Trinajstić information content (AvgIpc) is 3.23. The lowest BCUT2D eigenvalue weighted by Gasteiger charge is -2.09. The van der Waals surface area contributed by atoms with Crippen molar-refractivity contribution < 1.29 is 66.7 Å². The Hall–Kier alpha value is -2.66. The van der Waals surface area contributed by atoms with E-state index in [4.69, 9.17) is 56.8 Å². The summed E-state index contributed by atoms with van der Waals surface area (Å²) in [6.45, 7) is 14.2. The van der Waals surface area contributed by atoms with Gasteiger partial charge in [-0.25, -0.2) is 0 Å². The van der Waals surface area contributed by atoms with Crippen LogP contribution in [-0.4, -0.2) is 175 Å². The smallest absolute Gasteiger partial charge is 0.299 e. The third-order valence-electron chi connectivity index (χ3n) is 8.19. The van der Waals surface area contributed by atoms with Crippen LogP contribution in [0.15, 0.2) is 18.2 Å². The van der Waals surface area contributed by atoms with Gasteiger partial charge < -0.3 is 62.2 Å². The molecule has 19 nitrogen and oxygen atoms in total. The highest BCUT2D eigenvalue weighted by Crippen LogP contribution is 2.28. The summed E-state index contributed by atoms with van der Waals surface area (Å²) in [5.74, 6) is 0. The molecular formula is C40H73N3O16. The van der Waals surface area contributed by atoms with Crippen molar-refractivity contribution in [2.45, 2.75) is 58.3 Å². The monoisotopic (exact) mass is 851 g/mol. The molecule has 59 heavy (non-hydrogen) atoms. The predicted molar refractivity (Wildman–Crippen MR) is 221 cm³/mol. The summed E-state index contributed by atoms with van der Waals surface area (Å²) < 4.78 is 66.0. The molecule has 0 saturated carbocycles. The fourth-order valence-electron chi connectivity index (χ4n) is 5.05. The first kappa shape index (κ1) is 54.4. The van der Waals surface area contributed by atoms with E-state index in [1.165, 1.54) is 57.1 Å². The maximum Gasteiger partial charge on any atom is 0.299 e. The Morgan fingerprint density at radius 1 is 0.407 bits per heavy atom. The zero-order valence-electron chi connectivity index (χ0n) is 35.5. The van der Waals surface area contributed by atoms with E-state index in [-0.39, 0.29) is 30.2 Å². The third-order valence-corrected chi connectivity index (χ3v) is 8.19. The van der Waals surface area contributed by atoms with Gasteiger partial charge in [-0.15, -0.1) is 0 Å². The minimum absolute atomic E-state index is 0.186. The molecule has 0 amide bonds. The van der Waals surface area contributed by atoms with Crippen molar-refractivity contribution in [3.05, 3.63) is 38.4 Å². The van der Waals surface area contributed by atoms with Crippen LogP contribution in [0.1, 0.15) is 58.3 Å². The van der Waals surface area contributed by atoms with Gasteiger partial charge in [0, 0.05) is 19.2 Å². The highest BCUT2D eigenvalue weighted by atomic mass is 16.6. The van der Waals surface area contributed by atoms with Crippen molar-refractivity contribution in [1.29, 1.82) is 0 Å². The molecule has 0 radical (unpaired) electrons. The van der Waals surface area contributed by atoms with E-state index in [1.807, 2.05) is 0 Å². The molecular weight excluding hydrogens is 778 g/mol. The maximum absolute atomic E-state index is 11.2. The second-order valence-corrected chi connectivity index (χ2v) is 13.0. The number of nitrogens with one attached hydrogen (secondary N) is 1. The molecule has 1 rings (SSSR count). The van der Waals surface area contributed by atoms with E-state index in [9.17, 15) is 20.2 Å². The van der Waals surface area contributed by atoms with Crippen LogP contribution >= 0.6 is 0 Å². The topological polar surface area (TPSA) is 209 Å². The molecule has 1 aromatic rings. The van der Waals surface area contributed by atoms with E-state index in [1.54, 1.807) is 0 Å². The normalized spacial score (nSPS) is 11.4. The molecule has 0 saturated heterocycles. The van der Waals surface area contributed by atoms with Gasteiger partial charge in [0.1, 0.15) is 5.69 Å². The largest absolute Gasteiger partial charge is 0.379 e. The van der Waals surface area contributed by atoms with Crippen molar-refractivity contribution in [2.24, 2.45) is 0 Å². The molecule has 0 aliphatic heterocycles. The van der Waals surface area contributed by atoms with Crippen molar-refractivity contribution in [2.75, 3.05) is 170 Å². The van der Waals surface area contributed by atoms with Crippen LogP contribution in [0, 0.1) is 20.2 Å². The fraction of sp³-hybridized carbons (Fsp3) is 0.850. The van der Waals surface area contributed by atoms with E-state index in [0.29, 0.717) is 145 Å². The standard InChI is InChI=1S/C40H73N3O16/c1-2-3-4-5-6-7-8-9-13-48-15-17-50-19-21-52-23-25-54-27-29-56-31-33-58-35-36-59-34-32-57-30-28-55-26-24-53-22-20-51-18-16-49-14-12-41-39-11-10-38(42(44)45)37-40(39)43(46)47/h10-11,37,41H,2-9,12-36H2,1H3. The maximum atomic E-state index is 11.2. The molecule has 0 aromatic heterocycles. The minimum Gasteiger partial charge on any atom is -0.379 e. The summed E-state index contributed by atoms with van der Waals surface area (Å²) >= 11 is 0. The van der Waals surface area contributed by atoms with Crippen molar-refractivity contribution in [3.8, 4) is 0 Å².